The molecule has 0 radical (unpaired) electrons. The molecule has 5 nitrogen and oxygen atoms in total. The van der Waals surface area contributed by atoms with E-state index in [2.05, 4.69) is 10.3 Å². The lowest BCUT2D eigenvalue weighted by molar-refractivity contribution is -0.116. The lowest BCUT2D eigenvalue weighted by atomic mass is 10.2. The number of halogens is 1. The molecule has 0 spiro atoms. The summed E-state index contributed by atoms with van der Waals surface area (Å²) in [7, 11) is 0. The maximum absolute atomic E-state index is 11.7. The molecule has 0 aliphatic carbocycles. The normalized spacial score (nSPS) is 10.7. The molecule has 2 aromatic rings. The van der Waals surface area contributed by atoms with Crippen LogP contribution < -0.4 is 5.32 Å². The molecular weight excluding hydrogens is 312 g/mol. The van der Waals surface area contributed by atoms with E-state index >= 15 is 0 Å². The summed E-state index contributed by atoms with van der Waals surface area (Å²) in [6.45, 7) is 0.184. The number of carbonyl (C=O) groups excluding carboxylic acids is 1. The SMILES string of the molecule is O=C(C=Cc1ccccc1Cl)NCc1nc(C(=O)O)cs1. The molecule has 1 aromatic heterocycles. The first kappa shape index (κ1) is 15.2. The molecule has 0 fully saturated rings. The largest absolute Gasteiger partial charge is 0.476 e. The van der Waals surface area contributed by atoms with Crippen molar-refractivity contribution in [2.24, 2.45) is 0 Å². The molecular formula is C14H11ClN2O3S. The van der Waals surface area contributed by atoms with Crippen molar-refractivity contribution < 1.29 is 14.7 Å². The fourth-order valence-electron chi connectivity index (χ4n) is 1.49. The standard InChI is InChI=1S/C14H11ClN2O3S/c15-10-4-2-1-3-9(10)5-6-12(18)16-7-13-17-11(8-21-13)14(19)20/h1-6,8H,7H2,(H,16,18)(H,19,20). The van der Waals surface area contributed by atoms with E-state index in [9.17, 15) is 9.59 Å². The molecule has 1 amide bonds. The van der Waals surface area contributed by atoms with Crippen molar-refractivity contribution in [2.45, 2.75) is 6.54 Å². The van der Waals surface area contributed by atoms with E-state index in [0.717, 1.165) is 5.56 Å². The second-order valence-electron chi connectivity index (χ2n) is 4.00. The van der Waals surface area contributed by atoms with Gasteiger partial charge < -0.3 is 10.4 Å². The number of rotatable bonds is 5. The van der Waals surface area contributed by atoms with Gasteiger partial charge in [-0.1, -0.05) is 29.8 Å². The number of carbonyl (C=O) groups is 2. The van der Waals surface area contributed by atoms with Crippen LogP contribution in [0.2, 0.25) is 5.02 Å². The summed E-state index contributed by atoms with van der Waals surface area (Å²) in [6.07, 6.45) is 2.98. The van der Waals surface area contributed by atoms with Crippen molar-refractivity contribution in [3.63, 3.8) is 0 Å². The van der Waals surface area contributed by atoms with Crippen LogP contribution in [0, 0.1) is 0 Å². The molecule has 0 atom stereocenters. The summed E-state index contributed by atoms with van der Waals surface area (Å²) < 4.78 is 0. The van der Waals surface area contributed by atoms with E-state index in [1.54, 1.807) is 18.2 Å². The molecule has 0 saturated heterocycles. The zero-order chi connectivity index (χ0) is 15.2. The monoisotopic (exact) mass is 322 g/mol. The van der Waals surface area contributed by atoms with Crippen molar-refractivity contribution in [1.82, 2.24) is 10.3 Å². The number of aromatic nitrogens is 1. The lowest BCUT2D eigenvalue weighted by Crippen LogP contribution is -2.20. The van der Waals surface area contributed by atoms with Crippen LogP contribution in [-0.2, 0) is 11.3 Å². The number of hydrogen-bond donors (Lipinski definition) is 2. The fraction of sp³-hybridized carbons (Fsp3) is 0.0714. The molecule has 108 valence electrons. The summed E-state index contributed by atoms with van der Waals surface area (Å²) >= 11 is 7.15. The minimum atomic E-state index is -1.08. The van der Waals surface area contributed by atoms with Crippen molar-refractivity contribution >= 4 is 40.9 Å². The average molecular weight is 323 g/mol. The first-order valence-corrected chi connectivity index (χ1v) is 7.20. The molecule has 2 N–H and O–H groups in total. The first-order chi connectivity index (χ1) is 10.1. The van der Waals surface area contributed by atoms with Crippen LogP contribution in [0.4, 0.5) is 0 Å². The zero-order valence-corrected chi connectivity index (χ0v) is 12.3. The minimum Gasteiger partial charge on any atom is -0.476 e. The number of thiazole rings is 1. The molecule has 2 rings (SSSR count). The summed E-state index contributed by atoms with van der Waals surface area (Å²) in [5, 5.41) is 13.9. The molecule has 1 heterocycles. The predicted octanol–water partition coefficient (Wildman–Crippen LogP) is 2.82. The summed E-state index contributed by atoms with van der Waals surface area (Å²) in [5.41, 5.74) is 0.729. The highest BCUT2D eigenvalue weighted by Crippen LogP contribution is 2.16. The Balaban J connectivity index is 1.90. The Morgan fingerprint density at radius 2 is 2.14 bits per heavy atom. The van der Waals surface area contributed by atoms with Crippen LogP contribution >= 0.6 is 22.9 Å². The number of nitrogens with one attached hydrogen (secondary N) is 1. The van der Waals surface area contributed by atoms with Crippen LogP contribution in [0.5, 0.6) is 0 Å². The highest BCUT2D eigenvalue weighted by Gasteiger charge is 2.08. The highest BCUT2D eigenvalue weighted by atomic mass is 35.5. The van der Waals surface area contributed by atoms with E-state index in [1.165, 1.54) is 22.8 Å². The molecule has 21 heavy (non-hydrogen) atoms. The molecule has 0 aliphatic rings. The molecule has 0 aliphatic heterocycles. The van der Waals surface area contributed by atoms with E-state index in [0.29, 0.717) is 10.0 Å². The molecule has 0 unspecified atom stereocenters. The average Bonchev–Trinajstić information content (AvgIpc) is 2.93. The van der Waals surface area contributed by atoms with E-state index < -0.39 is 5.97 Å². The number of hydrogen-bond acceptors (Lipinski definition) is 4. The third-order valence-corrected chi connectivity index (χ3v) is 3.70. The second kappa shape index (κ2) is 7.01. The molecule has 1 aromatic carbocycles. The Morgan fingerprint density at radius 1 is 1.38 bits per heavy atom. The van der Waals surface area contributed by atoms with Crippen LogP contribution in [-0.4, -0.2) is 22.0 Å². The Morgan fingerprint density at radius 3 is 2.81 bits per heavy atom. The van der Waals surface area contributed by atoms with Gasteiger partial charge in [-0.15, -0.1) is 11.3 Å². The Labute approximate surface area is 129 Å². The van der Waals surface area contributed by atoms with Gasteiger partial charge in [-0.05, 0) is 17.7 Å². The van der Waals surface area contributed by atoms with Gasteiger partial charge in [-0.2, -0.15) is 0 Å². The van der Waals surface area contributed by atoms with Crippen LogP contribution in [0.3, 0.4) is 0 Å². The number of carboxylic acids is 1. The van der Waals surface area contributed by atoms with Gasteiger partial charge in [0.25, 0.3) is 0 Å². The molecule has 7 heteroatoms. The smallest absolute Gasteiger partial charge is 0.355 e. The quantitative estimate of drug-likeness (QED) is 0.830. The van der Waals surface area contributed by atoms with Gasteiger partial charge in [-0.25, -0.2) is 9.78 Å². The van der Waals surface area contributed by atoms with Gasteiger partial charge in [0.1, 0.15) is 5.01 Å². The van der Waals surface area contributed by atoms with Crippen molar-refractivity contribution in [3.05, 3.63) is 57.0 Å². The highest BCUT2D eigenvalue weighted by molar-refractivity contribution is 7.09. The Kier molecular flexibility index (Phi) is 5.08. The number of aromatic carboxylic acids is 1. The van der Waals surface area contributed by atoms with Gasteiger partial charge in [0.15, 0.2) is 5.69 Å². The number of carboxylic acid groups (broad SMARTS) is 1. The van der Waals surface area contributed by atoms with E-state index in [4.69, 9.17) is 16.7 Å². The van der Waals surface area contributed by atoms with Gasteiger partial charge in [-0.3, -0.25) is 4.79 Å². The Hall–Kier alpha value is -2.18. The third kappa shape index (κ3) is 4.40. The second-order valence-corrected chi connectivity index (χ2v) is 5.35. The van der Waals surface area contributed by atoms with Gasteiger partial charge >= 0.3 is 5.97 Å². The molecule has 0 bridgehead atoms. The van der Waals surface area contributed by atoms with Crippen LogP contribution in [0.25, 0.3) is 6.08 Å². The maximum Gasteiger partial charge on any atom is 0.355 e. The van der Waals surface area contributed by atoms with Crippen molar-refractivity contribution in [2.75, 3.05) is 0 Å². The van der Waals surface area contributed by atoms with Gasteiger partial charge in [0.2, 0.25) is 5.91 Å². The predicted molar refractivity (Wildman–Crippen MR) is 81.4 cm³/mol. The first-order valence-electron chi connectivity index (χ1n) is 5.94. The topological polar surface area (TPSA) is 79.3 Å². The zero-order valence-electron chi connectivity index (χ0n) is 10.7. The van der Waals surface area contributed by atoms with Crippen LogP contribution in [0.1, 0.15) is 21.1 Å². The van der Waals surface area contributed by atoms with Crippen molar-refractivity contribution in [1.29, 1.82) is 0 Å². The fourth-order valence-corrected chi connectivity index (χ4v) is 2.39. The third-order valence-electron chi connectivity index (χ3n) is 2.50. The van der Waals surface area contributed by atoms with Gasteiger partial charge in [0, 0.05) is 16.5 Å². The van der Waals surface area contributed by atoms with E-state index in [1.807, 2.05) is 12.1 Å². The summed E-state index contributed by atoms with van der Waals surface area (Å²) in [5.74, 6) is -1.38. The summed E-state index contributed by atoms with van der Waals surface area (Å²) in [4.78, 5) is 26.2. The minimum absolute atomic E-state index is 0.0177. The van der Waals surface area contributed by atoms with Gasteiger partial charge in [0.05, 0.1) is 6.54 Å². The lowest BCUT2D eigenvalue weighted by Gasteiger charge is -1.99. The Bertz CT molecular complexity index is 697. The van der Waals surface area contributed by atoms with Crippen LogP contribution in [0.15, 0.2) is 35.7 Å². The number of amides is 1. The number of nitrogens with zero attached hydrogens (tertiary/aromatic N) is 1. The number of benzene rings is 1. The van der Waals surface area contributed by atoms with E-state index in [-0.39, 0.29) is 18.1 Å². The summed E-state index contributed by atoms with van der Waals surface area (Å²) in [6, 6.07) is 7.17. The maximum atomic E-state index is 11.7. The molecule has 0 saturated carbocycles. The van der Waals surface area contributed by atoms with Crippen molar-refractivity contribution in [3.8, 4) is 0 Å².